The number of hydrogen-bond donors (Lipinski definition) is 1. The molecule has 0 bridgehead atoms. The van der Waals surface area contributed by atoms with Crippen LogP contribution in [0, 0.1) is 13.8 Å². The monoisotopic (exact) mass is 291 g/mol. The van der Waals surface area contributed by atoms with Crippen LogP contribution in [0.2, 0.25) is 0 Å². The second kappa shape index (κ2) is 6.52. The number of ether oxygens (including phenoxy) is 1. The molecule has 0 fully saturated rings. The molecule has 2 heteroatoms. The van der Waals surface area contributed by atoms with E-state index >= 15 is 0 Å². The Labute approximate surface area is 131 Å². The first-order chi connectivity index (χ1) is 10.7. The van der Waals surface area contributed by atoms with E-state index in [9.17, 15) is 0 Å². The smallest absolute Gasteiger partial charge is 0.122 e. The lowest BCUT2D eigenvalue weighted by Gasteiger charge is -2.12. The summed E-state index contributed by atoms with van der Waals surface area (Å²) in [7, 11) is 0. The summed E-state index contributed by atoms with van der Waals surface area (Å²) in [6.07, 6.45) is 0. The van der Waals surface area contributed by atoms with Gasteiger partial charge in [0, 0.05) is 17.6 Å². The van der Waals surface area contributed by atoms with Crippen LogP contribution in [0.3, 0.4) is 0 Å². The molecular formula is C20H21NO. The maximum atomic E-state index is 5.86. The van der Waals surface area contributed by atoms with Gasteiger partial charge in [0.1, 0.15) is 12.4 Å². The minimum absolute atomic E-state index is 0.646. The summed E-state index contributed by atoms with van der Waals surface area (Å²) in [5, 5.41) is 5.96. The lowest BCUT2D eigenvalue weighted by atomic mass is 10.1. The van der Waals surface area contributed by atoms with Crippen molar-refractivity contribution in [2.45, 2.75) is 13.8 Å². The van der Waals surface area contributed by atoms with Crippen LogP contribution in [-0.2, 0) is 0 Å². The molecule has 0 amide bonds. The van der Waals surface area contributed by atoms with Crippen molar-refractivity contribution in [1.82, 2.24) is 0 Å². The van der Waals surface area contributed by atoms with Crippen LogP contribution in [0.5, 0.6) is 5.75 Å². The highest BCUT2D eigenvalue weighted by Gasteiger charge is 2.01. The third-order valence-corrected chi connectivity index (χ3v) is 3.80. The fourth-order valence-electron chi connectivity index (χ4n) is 2.69. The highest BCUT2D eigenvalue weighted by molar-refractivity contribution is 5.93. The molecule has 0 aliphatic rings. The van der Waals surface area contributed by atoms with Gasteiger partial charge in [-0.25, -0.2) is 0 Å². The first-order valence-electron chi connectivity index (χ1n) is 7.66. The number of nitrogens with one attached hydrogen (secondary N) is 1. The standard InChI is InChI=1S/C20H21NO/c1-15-10-11-20(16(2)14-15)22-13-12-21-19-9-5-7-17-6-3-4-8-18(17)19/h3-11,14,21H,12-13H2,1-2H3. The predicted octanol–water partition coefficient (Wildman–Crippen LogP) is 4.95. The van der Waals surface area contributed by atoms with Crippen LogP contribution < -0.4 is 10.1 Å². The molecule has 0 saturated carbocycles. The third-order valence-electron chi connectivity index (χ3n) is 3.80. The van der Waals surface area contributed by atoms with Crippen LogP contribution in [0.15, 0.2) is 60.7 Å². The Morgan fingerprint density at radius 2 is 1.73 bits per heavy atom. The molecule has 3 aromatic carbocycles. The van der Waals surface area contributed by atoms with Crippen LogP contribution in [0.25, 0.3) is 10.8 Å². The molecule has 0 spiro atoms. The summed E-state index contributed by atoms with van der Waals surface area (Å²) in [6, 6.07) is 21.0. The lowest BCUT2D eigenvalue weighted by molar-refractivity contribution is 0.330. The van der Waals surface area contributed by atoms with E-state index in [2.05, 4.69) is 73.8 Å². The van der Waals surface area contributed by atoms with Crippen molar-refractivity contribution in [3.8, 4) is 5.75 Å². The van der Waals surface area contributed by atoms with Gasteiger partial charge >= 0.3 is 0 Å². The summed E-state index contributed by atoms with van der Waals surface area (Å²) in [5.74, 6) is 0.963. The molecule has 0 saturated heterocycles. The lowest BCUT2D eigenvalue weighted by Crippen LogP contribution is -2.12. The summed E-state index contributed by atoms with van der Waals surface area (Å²) >= 11 is 0. The van der Waals surface area contributed by atoms with Crippen molar-refractivity contribution >= 4 is 16.5 Å². The van der Waals surface area contributed by atoms with E-state index in [4.69, 9.17) is 4.74 Å². The zero-order chi connectivity index (χ0) is 15.4. The Kier molecular flexibility index (Phi) is 4.29. The number of hydrogen-bond acceptors (Lipinski definition) is 2. The summed E-state index contributed by atoms with van der Waals surface area (Å²) in [4.78, 5) is 0. The zero-order valence-electron chi connectivity index (χ0n) is 13.1. The number of anilines is 1. The van der Waals surface area contributed by atoms with Crippen molar-refractivity contribution in [2.24, 2.45) is 0 Å². The van der Waals surface area contributed by atoms with E-state index in [-0.39, 0.29) is 0 Å². The van der Waals surface area contributed by atoms with E-state index in [0.29, 0.717) is 6.61 Å². The first-order valence-corrected chi connectivity index (χ1v) is 7.66. The van der Waals surface area contributed by atoms with E-state index in [1.165, 1.54) is 21.9 Å². The third kappa shape index (κ3) is 3.22. The molecule has 0 aliphatic carbocycles. The Morgan fingerprint density at radius 1 is 0.909 bits per heavy atom. The number of benzene rings is 3. The van der Waals surface area contributed by atoms with E-state index in [1.54, 1.807) is 0 Å². The van der Waals surface area contributed by atoms with Crippen molar-refractivity contribution in [3.63, 3.8) is 0 Å². The van der Waals surface area contributed by atoms with E-state index in [0.717, 1.165) is 18.0 Å². The summed E-state index contributed by atoms with van der Waals surface area (Å²) < 4.78 is 5.86. The van der Waals surface area contributed by atoms with Crippen molar-refractivity contribution in [1.29, 1.82) is 0 Å². The highest BCUT2D eigenvalue weighted by atomic mass is 16.5. The average molecular weight is 291 g/mol. The van der Waals surface area contributed by atoms with Crippen LogP contribution in [0.4, 0.5) is 5.69 Å². The average Bonchev–Trinajstić information content (AvgIpc) is 2.53. The van der Waals surface area contributed by atoms with Gasteiger partial charge in [0.2, 0.25) is 0 Å². The molecule has 1 N–H and O–H groups in total. The van der Waals surface area contributed by atoms with Crippen LogP contribution >= 0.6 is 0 Å². The Hall–Kier alpha value is -2.48. The zero-order valence-corrected chi connectivity index (χ0v) is 13.1. The van der Waals surface area contributed by atoms with Crippen molar-refractivity contribution < 1.29 is 4.74 Å². The Bertz CT molecular complexity index is 774. The van der Waals surface area contributed by atoms with Crippen molar-refractivity contribution in [2.75, 3.05) is 18.5 Å². The maximum Gasteiger partial charge on any atom is 0.122 e. The highest BCUT2D eigenvalue weighted by Crippen LogP contribution is 2.23. The van der Waals surface area contributed by atoms with Crippen LogP contribution in [-0.4, -0.2) is 13.2 Å². The summed E-state index contributed by atoms with van der Waals surface area (Å²) in [6.45, 7) is 5.60. The van der Waals surface area contributed by atoms with Gasteiger partial charge in [-0.2, -0.15) is 0 Å². The number of aryl methyl sites for hydroxylation is 2. The van der Waals surface area contributed by atoms with Crippen molar-refractivity contribution in [3.05, 3.63) is 71.8 Å². The quantitative estimate of drug-likeness (QED) is 0.672. The van der Waals surface area contributed by atoms with Gasteiger partial charge in [-0.05, 0) is 36.9 Å². The Balaban J connectivity index is 1.61. The molecule has 22 heavy (non-hydrogen) atoms. The molecular weight excluding hydrogens is 270 g/mol. The SMILES string of the molecule is Cc1ccc(OCCNc2cccc3ccccc23)c(C)c1. The summed E-state index contributed by atoms with van der Waals surface area (Å²) in [5.41, 5.74) is 3.60. The molecule has 0 unspecified atom stereocenters. The normalized spacial score (nSPS) is 10.6. The van der Waals surface area contributed by atoms with Gasteiger partial charge in [0.25, 0.3) is 0 Å². The van der Waals surface area contributed by atoms with Gasteiger partial charge in [-0.3, -0.25) is 0 Å². The molecule has 0 aromatic heterocycles. The fraction of sp³-hybridized carbons (Fsp3) is 0.200. The molecule has 112 valence electrons. The van der Waals surface area contributed by atoms with Gasteiger partial charge < -0.3 is 10.1 Å². The fourth-order valence-corrected chi connectivity index (χ4v) is 2.69. The second-order valence-corrected chi connectivity index (χ2v) is 5.57. The maximum absolute atomic E-state index is 5.86. The number of fused-ring (bicyclic) bond motifs is 1. The van der Waals surface area contributed by atoms with Gasteiger partial charge in [-0.15, -0.1) is 0 Å². The molecule has 0 heterocycles. The number of rotatable bonds is 5. The first kappa shape index (κ1) is 14.5. The van der Waals surface area contributed by atoms with E-state index in [1.807, 2.05) is 6.07 Å². The second-order valence-electron chi connectivity index (χ2n) is 5.57. The molecule has 3 rings (SSSR count). The molecule has 0 aliphatic heterocycles. The minimum Gasteiger partial charge on any atom is -0.491 e. The molecule has 3 aromatic rings. The van der Waals surface area contributed by atoms with Gasteiger partial charge in [0.05, 0.1) is 0 Å². The molecule has 0 radical (unpaired) electrons. The molecule has 2 nitrogen and oxygen atoms in total. The largest absolute Gasteiger partial charge is 0.491 e. The molecule has 0 atom stereocenters. The van der Waals surface area contributed by atoms with Crippen LogP contribution in [0.1, 0.15) is 11.1 Å². The van der Waals surface area contributed by atoms with E-state index < -0.39 is 0 Å². The topological polar surface area (TPSA) is 21.3 Å². The Morgan fingerprint density at radius 3 is 2.59 bits per heavy atom. The minimum atomic E-state index is 0.646. The predicted molar refractivity (Wildman–Crippen MR) is 93.8 cm³/mol. The van der Waals surface area contributed by atoms with Gasteiger partial charge in [0.15, 0.2) is 0 Å². The van der Waals surface area contributed by atoms with Gasteiger partial charge in [-0.1, -0.05) is 54.1 Å².